The normalized spacial score (nSPS) is 10.4. The predicted octanol–water partition coefficient (Wildman–Crippen LogP) is 0.773. The smallest absolute Gasteiger partial charge is 0.339 e. The molecule has 1 N–H and O–H groups in total. The topological polar surface area (TPSA) is 81.2 Å². The summed E-state index contributed by atoms with van der Waals surface area (Å²) in [5, 5.41) is 12.8. The van der Waals surface area contributed by atoms with Gasteiger partial charge in [0.15, 0.2) is 12.2 Å². The second kappa shape index (κ2) is 2.99. The second-order valence-electron chi connectivity index (χ2n) is 2.74. The summed E-state index contributed by atoms with van der Waals surface area (Å²) in [4.78, 5) is 14.5. The highest BCUT2D eigenvalue weighted by Gasteiger charge is 2.18. The van der Waals surface area contributed by atoms with Crippen LogP contribution in [0.3, 0.4) is 0 Å². The van der Waals surface area contributed by atoms with E-state index >= 15 is 0 Å². The van der Waals surface area contributed by atoms with Crippen LogP contribution in [-0.4, -0.2) is 25.8 Å². The molecule has 14 heavy (non-hydrogen) atoms. The van der Waals surface area contributed by atoms with Gasteiger partial charge in [-0.25, -0.2) is 9.78 Å². The van der Waals surface area contributed by atoms with E-state index in [0.717, 1.165) is 0 Å². The number of hydrogen-bond donors (Lipinski definition) is 1. The third-order valence-electron chi connectivity index (χ3n) is 1.72. The first-order valence-corrected chi connectivity index (χ1v) is 3.84. The van der Waals surface area contributed by atoms with Gasteiger partial charge in [0, 0.05) is 13.2 Å². The van der Waals surface area contributed by atoms with Crippen molar-refractivity contribution in [2.24, 2.45) is 7.05 Å². The third kappa shape index (κ3) is 1.26. The highest BCUT2D eigenvalue weighted by atomic mass is 16.4. The lowest BCUT2D eigenvalue weighted by molar-refractivity contribution is 0.0697. The molecule has 0 fully saturated rings. The number of carboxylic acids is 1. The van der Waals surface area contributed by atoms with Crippen molar-refractivity contribution in [3.05, 3.63) is 24.4 Å². The van der Waals surface area contributed by atoms with Gasteiger partial charge in [-0.2, -0.15) is 5.10 Å². The van der Waals surface area contributed by atoms with Gasteiger partial charge >= 0.3 is 5.97 Å². The predicted molar refractivity (Wildman–Crippen MR) is 45.7 cm³/mol. The fraction of sp³-hybridized carbons (Fsp3) is 0.125. The summed E-state index contributed by atoms with van der Waals surface area (Å²) in [5.74, 6) is -0.687. The molecule has 0 spiro atoms. The van der Waals surface area contributed by atoms with Crippen LogP contribution < -0.4 is 0 Å². The van der Waals surface area contributed by atoms with Crippen molar-refractivity contribution < 1.29 is 14.3 Å². The van der Waals surface area contributed by atoms with E-state index in [1.54, 1.807) is 7.05 Å². The zero-order chi connectivity index (χ0) is 10.1. The molecule has 0 aliphatic heterocycles. The van der Waals surface area contributed by atoms with Gasteiger partial charge in [-0.1, -0.05) is 0 Å². The summed E-state index contributed by atoms with van der Waals surface area (Å²) in [6.45, 7) is 0. The summed E-state index contributed by atoms with van der Waals surface area (Å²) < 4.78 is 6.39. The highest BCUT2D eigenvalue weighted by Crippen LogP contribution is 2.20. The minimum atomic E-state index is -1.04. The van der Waals surface area contributed by atoms with Gasteiger partial charge in [0.05, 0.1) is 6.20 Å². The van der Waals surface area contributed by atoms with Crippen molar-refractivity contribution in [3.8, 4) is 11.5 Å². The van der Waals surface area contributed by atoms with Crippen LogP contribution in [0.15, 0.2) is 23.2 Å². The Labute approximate surface area is 78.8 Å². The molecule has 0 aliphatic carbocycles. The van der Waals surface area contributed by atoms with Crippen molar-refractivity contribution in [2.75, 3.05) is 0 Å². The SMILES string of the molecule is Cn1cc(C(=O)O)c(-c2cnco2)n1. The zero-order valence-corrected chi connectivity index (χ0v) is 7.34. The lowest BCUT2D eigenvalue weighted by Crippen LogP contribution is -1.95. The molecule has 0 saturated carbocycles. The Morgan fingerprint density at radius 1 is 1.64 bits per heavy atom. The fourth-order valence-electron chi connectivity index (χ4n) is 1.16. The molecule has 0 aliphatic rings. The molecule has 2 rings (SSSR count). The van der Waals surface area contributed by atoms with Crippen molar-refractivity contribution in [2.45, 2.75) is 0 Å². The molecular weight excluding hydrogens is 186 g/mol. The Morgan fingerprint density at radius 2 is 2.43 bits per heavy atom. The maximum atomic E-state index is 10.8. The Morgan fingerprint density at radius 3 is 3.00 bits per heavy atom. The van der Waals surface area contributed by atoms with E-state index in [4.69, 9.17) is 9.52 Å². The molecule has 2 heterocycles. The lowest BCUT2D eigenvalue weighted by atomic mass is 10.2. The molecule has 0 amide bonds. The average Bonchev–Trinajstić information content (AvgIpc) is 2.70. The maximum Gasteiger partial charge on any atom is 0.339 e. The first kappa shape index (κ1) is 8.49. The van der Waals surface area contributed by atoms with Gasteiger partial charge in [-0.15, -0.1) is 0 Å². The van der Waals surface area contributed by atoms with Gasteiger partial charge < -0.3 is 9.52 Å². The van der Waals surface area contributed by atoms with E-state index in [2.05, 4.69) is 10.1 Å². The van der Waals surface area contributed by atoms with Gasteiger partial charge in [-0.3, -0.25) is 4.68 Å². The maximum absolute atomic E-state index is 10.8. The minimum Gasteiger partial charge on any atom is -0.478 e. The molecule has 0 saturated heterocycles. The average molecular weight is 193 g/mol. The van der Waals surface area contributed by atoms with Gasteiger partial charge in [0.2, 0.25) is 0 Å². The van der Waals surface area contributed by atoms with Crippen LogP contribution in [0, 0.1) is 0 Å². The van der Waals surface area contributed by atoms with Crippen LogP contribution in [-0.2, 0) is 7.05 Å². The quantitative estimate of drug-likeness (QED) is 0.761. The van der Waals surface area contributed by atoms with Gasteiger partial charge in [0.25, 0.3) is 0 Å². The molecule has 2 aromatic heterocycles. The number of carbonyl (C=O) groups is 1. The van der Waals surface area contributed by atoms with Crippen molar-refractivity contribution in [1.29, 1.82) is 0 Å². The first-order chi connectivity index (χ1) is 6.68. The summed E-state index contributed by atoms with van der Waals surface area (Å²) >= 11 is 0. The number of hydrogen-bond acceptors (Lipinski definition) is 4. The molecule has 6 nitrogen and oxygen atoms in total. The molecule has 0 unspecified atom stereocenters. The molecule has 0 atom stereocenters. The van der Waals surface area contributed by atoms with Gasteiger partial charge in [0.1, 0.15) is 11.3 Å². The summed E-state index contributed by atoms with van der Waals surface area (Å²) in [5.41, 5.74) is 0.391. The standard InChI is InChI=1S/C8H7N3O3/c1-11-3-5(8(12)13)7(10-11)6-2-9-4-14-6/h2-4H,1H3,(H,12,13). The monoisotopic (exact) mass is 193 g/mol. The molecule has 0 radical (unpaired) electrons. The molecule has 2 aromatic rings. The first-order valence-electron chi connectivity index (χ1n) is 3.84. The summed E-state index contributed by atoms with van der Waals surface area (Å²) in [7, 11) is 1.65. The number of carboxylic acid groups (broad SMARTS) is 1. The van der Waals surface area contributed by atoms with Crippen molar-refractivity contribution in [1.82, 2.24) is 14.8 Å². The Hall–Kier alpha value is -2.11. The molecule has 72 valence electrons. The number of aromatic nitrogens is 3. The highest BCUT2D eigenvalue weighted by molar-refractivity contribution is 5.93. The number of oxazole rings is 1. The summed E-state index contributed by atoms with van der Waals surface area (Å²) in [6.07, 6.45) is 4.07. The zero-order valence-electron chi connectivity index (χ0n) is 7.34. The van der Waals surface area contributed by atoms with Gasteiger partial charge in [-0.05, 0) is 0 Å². The Bertz CT molecular complexity index is 458. The Balaban J connectivity index is 2.58. The number of aromatic carboxylic acids is 1. The number of rotatable bonds is 2. The lowest BCUT2D eigenvalue weighted by Gasteiger charge is -1.90. The van der Waals surface area contributed by atoms with E-state index < -0.39 is 5.97 Å². The van der Waals surface area contributed by atoms with Crippen LogP contribution in [0.4, 0.5) is 0 Å². The van der Waals surface area contributed by atoms with Crippen LogP contribution in [0.2, 0.25) is 0 Å². The van der Waals surface area contributed by atoms with Crippen LogP contribution in [0.1, 0.15) is 10.4 Å². The summed E-state index contributed by atoms with van der Waals surface area (Å²) in [6, 6.07) is 0. The number of aryl methyl sites for hydroxylation is 1. The fourth-order valence-corrected chi connectivity index (χ4v) is 1.16. The number of nitrogens with zero attached hydrogens (tertiary/aromatic N) is 3. The largest absolute Gasteiger partial charge is 0.478 e. The molecule has 6 heteroatoms. The van der Waals surface area contributed by atoms with Crippen LogP contribution >= 0.6 is 0 Å². The molecule has 0 bridgehead atoms. The van der Waals surface area contributed by atoms with E-state index in [-0.39, 0.29) is 11.3 Å². The van der Waals surface area contributed by atoms with E-state index in [0.29, 0.717) is 5.76 Å². The second-order valence-corrected chi connectivity index (χ2v) is 2.74. The minimum absolute atomic E-state index is 0.101. The van der Waals surface area contributed by atoms with E-state index in [1.165, 1.54) is 23.5 Å². The van der Waals surface area contributed by atoms with Crippen molar-refractivity contribution in [3.63, 3.8) is 0 Å². The molecular formula is C8H7N3O3. The van der Waals surface area contributed by atoms with Crippen LogP contribution in [0.5, 0.6) is 0 Å². The van der Waals surface area contributed by atoms with Crippen molar-refractivity contribution >= 4 is 5.97 Å². The van der Waals surface area contributed by atoms with E-state index in [1.807, 2.05) is 0 Å². The third-order valence-corrected chi connectivity index (χ3v) is 1.72. The van der Waals surface area contributed by atoms with Crippen LogP contribution in [0.25, 0.3) is 11.5 Å². The van der Waals surface area contributed by atoms with E-state index in [9.17, 15) is 4.79 Å². The molecule has 0 aromatic carbocycles. The Kier molecular flexibility index (Phi) is 1.81.